The molecule has 0 saturated carbocycles. The van der Waals surface area contributed by atoms with Gasteiger partial charge in [-0.15, -0.1) is 0 Å². The number of nitrogens with one attached hydrogen (secondary N) is 2. The summed E-state index contributed by atoms with van der Waals surface area (Å²) in [5.74, 6) is -0.900. The molecule has 0 saturated heterocycles. The number of rotatable bonds is 8. The topological polar surface area (TPSA) is 76.7 Å². The number of carbonyl (C=O) groups excluding carboxylic acids is 2. The maximum atomic E-state index is 14.0. The van der Waals surface area contributed by atoms with Crippen LogP contribution in [0.2, 0.25) is 0 Å². The molecule has 2 N–H and O–H groups in total. The van der Waals surface area contributed by atoms with Crippen molar-refractivity contribution in [2.75, 3.05) is 23.8 Å². The van der Waals surface area contributed by atoms with E-state index in [1.54, 1.807) is 56.3 Å². The number of benzene rings is 3. The van der Waals surface area contributed by atoms with Crippen molar-refractivity contribution < 1.29 is 23.5 Å². The average molecular weight is 422 g/mol. The molecule has 0 unspecified atom stereocenters. The standard InChI is InChI=1S/C24H23FN2O4/c1-3-30-21-15-20(27-24(29)17-12-8-9-13-18(17)25)22(31-4-2)14-19(21)26-23(28)16-10-6-5-7-11-16/h5-15H,3-4H2,1-2H3,(H,26,28)(H,27,29). The predicted molar refractivity (Wildman–Crippen MR) is 118 cm³/mol. The maximum absolute atomic E-state index is 14.0. The van der Waals surface area contributed by atoms with E-state index >= 15 is 0 Å². The van der Waals surface area contributed by atoms with Gasteiger partial charge in [-0.2, -0.15) is 0 Å². The van der Waals surface area contributed by atoms with Crippen molar-refractivity contribution in [2.45, 2.75) is 13.8 Å². The number of carbonyl (C=O) groups is 2. The summed E-state index contributed by atoms with van der Waals surface area (Å²) >= 11 is 0. The Morgan fingerprint density at radius 2 is 1.29 bits per heavy atom. The molecule has 31 heavy (non-hydrogen) atoms. The highest BCUT2D eigenvalue weighted by Crippen LogP contribution is 2.37. The first kappa shape index (κ1) is 21.8. The summed E-state index contributed by atoms with van der Waals surface area (Å²) in [7, 11) is 0. The van der Waals surface area contributed by atoms with Crippen LogP contribution in [0.15, 0.2) is 66.7 Å². The predicted octanol–water partition coefficient (Wildman–Crippen LogP) is 5.13. The summed E-state index contributed by atoms with van der Waals surface area (Å²) in [5.41, 5.74) is 1.09. The highest BCUT2D eigenvalue weighted by atomic mass is 19.1. The van der Waals surface area contributed by atoms with Crippen LogP contribution >= 0.6 is 0 Å². The van der Waals surface area contributed by atoms with Crippen LogP contribution in [-0.4, -0.2) is 25.0 Å². The van der Waals surface area contributed by atoms with Crippen molar-refractivity contribution in [1.82, 2.24) is 0 Å². The van der Waals surface area contributed by atoms with Crippen molar-refractivity contribution in [2.24, 2.45) is 0 Å². The van der Waals surface area contributed by atoms with Gasteiger partial charge in [-0.05, 0) is 38.1 Å². The van der Waals surface area contributed by atoms with E-state index in [0.29, 0.717) is 41.7 Å². The molecule has 0 aromatic heterocycles. The molecule has 7 heteroatoms. The van der Waals surface area contributed by atoms with Crippen LogP contribution in [0.4, 0.5) is 15.8 Å². The summed E-state index contributed by atoms with van der Waals surface area (Å²) in [6.45, 7) is 4.25. The lowest BCUT2D eigenvalue weighted by Crippen LogP contribution is -2.16. The zero-order valence-electron chi connectivity index (χ0n) is 17.3. The molecule has 0 heterocycles. The minimum atomic E-state index is -0.630. The van der Waals surface area contributed by atoms with Crippen LogP contribution in [0.25, 0.3) is 0 Å². The first-order chi connectivity index (χ1) is 15.0. The van der Waals surface area contributed by atoms with Gasteiger partial charge in [-0.3, -0.25) is 9.59 Å². The van der Waals surface area contributed by atoms with E-state index in [0.717, 1.165) is 0 Å². The molecule has 0 aliphatic rings. The fourth-order valence-corrected chi connectivity index (χ4v) is 2.92. The van der Waals surface area contributed by atoms with Crippen molar-refractivity contribution in [3.63, 3.8) is 0 Å². The molecule has 3 rings (SSSR count). The second-order valence-corrected chi connectivity index (χ2v) is 6.46. The number of amides is 2. The van der Waals surface area contributed by atoms with E-state index in [2.05, 4.69) is 10.6 Å². The van der Waals surface area contributed by atoms with Gasteiger partial charge in [0.05, 0.1) is 30.2 Å². The third-order valence-electron chi connectivity index (χ3n) is 4.33. The quantitative estimate of drug-likeness (QED) is 0.528. The second kappa shape index (κ2) is 10.2. The van der Waals surface area contributed by atoms with Gasteiger partial charge in [0.1, 0.15) is 17.3 Å². The number of ether oxygens (including phenoxy) is 2. The van der Waals surface area contributed by atoms with Crippen LogP contribution in [0.1, 0.15) is 34.6 Å². The van der Waals surface area contributed by atoms with Gasteiger partial charge in [-0.1, -0.05) is 30.3 Å². The van der Waals surface area contributed by atoms with E-state index in [1.807, 2.05) is 6.07 Å². The van der Waals surface area contributed by atoms with Crippen molar-refractivity contribution in [3.8, 4) is 11.5 Å². The second-order valence-electron chi connectivity index (χ2n) is 6.46. The Morgan fingerprint density at radius 1 is 0.774 bits per heavy atom. The molecule has 2 amide bonds. The van der Waals surface area contributed by atoms with Gasteiger partial charge in [0.25, 0.3) is 11.8 Å². The van der Waals surface area contributed by atoms with Gasteiger partial charge in [-0.25, -0.2) is 4.39 Å². The van der Waals surface area contributed by atoms with E-state index < -0.39 is 11.7 Å². The molecule has 0 fully saturated rings. The molecule has 0 bridgehead atoms. The van der Waals surface area contributed by atoms with E-state index in [9.17, 15) is 14.0 Å². The van der Waals surface area contributed by atoms with Gasteiger partial charge in [0.2, 0.25) is 0 Å². The summed E-state index contributed by atoms with van der Waals surface area (Å²) in [6.07, 6.45) is 0. The number of hydrogen-bond donors (Lipinski definition) is 2. The molecule has 0 atom stereocenters. The number of hydrogen-bond acceptors (Lipinski definition) is 4. The van der Waals surface area contributed by atoms with Gasteiger partial charge in [0, 0.05) is 17.7 Å². The summed E-state index contributed by atoms with van der Waals surface area (Å²) in [5, 5.41) is 5.48. The minimum absolute atomic E-state index is 0.0932. The Bertz CT molecular complexity index is 1070. The number of halogens is 1. The molecule has 3 aromatic carbocycles. The first-order valence-electron chi connectivity index (χ1n) is 9.89. The third-order valence-corrected chi connectivity index (χ3v) is 4.33. The zero-order valence-corrected chi connectivity index (χ0v) is 17.3. The number of anilines is 2. The summed E-state index contributed by atoms with van der Waals surface area (Å²) < 4.78 is 25.3. The Hall–Kier alpha value is -3.87. The Balaban J connectivity index is 1.94. The normalized spacial score (nSPS) is 10.3. The van der Waals surface area contributed by atoms with E-state index in [-0.39, 0.29) is 11.5 Å². The molecular formula is C24H23FN2O4. The fourth-order valence-electron chi connectivity index (χ4n) is 2.92. The van der Waals surface area contributed by atoms with E-state index in [1.165, 1.54) is 18.2 Å². The van der Waals surface area contributed by atoms with Gasteiger partial charge < -0.3 is 20.1 Å². The summed E-state index contributed by atoms with van der Waals surface area (Å²) in [4.78, 5) is 25.2. The van der Waals surface area contributed by atoms with Crippen molar-refractivity contribution in [1.29, 1.82) is 0 Å². The molecule has 0 radical (unpaired) electrons. The molecule has 160 valence electrons. The molecular weight excluding hydrogens is 399 g/mol. The Morgan fingerprint density at radius 3 is 1.84 bits per heavy atom. The van der Waals surface area contributed by atoms with Crippen LogP contribution in [-0.2, 0) is 0 Å². The van der Waals surface area contributed by atoms with Gasteiger partial charge >= 0.3 is 0 Å². The SMILES string of the molecule is CCOc1cc(NC(=O)c2ccccc2F)c(OCC)cc1NC(=O)c1ccccc1. The van der Waals surface area contributed by atoms with E-state index in [4.69, 9.17) is 9.47 Å². The summed E-state index contributed by atoms with van der Waals surface area (Å²) in [6, 6.07) is 17.6. The van der Waals surface area contributed by atoms with Gasteiger partial charge in [0.15, 0.2) is 0 Å². The molecule has 0 aliphatic carbocycles. The Labute approximate surface area is 180 Å². The smallest absolute Gasteiger partial charge is 0.258 e. The van der Waals surface area contributed by atoms with Crippen LogP contribution in [0.3, 0.4) is 0 Å². The lowest BCUT2D eigenvalue weighted by Gasteiger charge is -2.18. The fraction of sp³-hybridized carbons (Fsp3) is 0.167. The highest BCUT2D eigenvalue weighted by molar-refractivity contribution is 6.07. The lowest BCUT2D eigenvalue weighted by atomic mass is 10.1. The van der Waals surface area contributed by atoms with Crippen molar-refractivity contribution >= 4 is 23.2 Å². The molecule has 0 spiro atoms. The van der Waals surface area contributed by atoms with Crippen molar-refractivity contribution in [3.05, 3.63) is 83.7 Å². The molecule has 3 aromatic rings. The average Bonchev–Trinajstić information content (AvgIpc) is 2.77. The first-order valence-corrected chi connectivity index (χ1v) is 9.89. The molecule has 0 aliphatic heterocycles. The highest BCUT2D eigenvalue weighted by Gasteiger charge is 2.18. The monoisotopic (exact) mass is 422 g/mol. The van der Waals surface area contributed by atoms with Crippen LogP contribution in [0, 0.1) is 5.82 Å². The lowest BCUT2D eigenvalue weighted by molar-refractivity contribution is 0.101. The largest absolute Gasteiger partial charge is 0.492 e. The van der Waals surface area contributed by atoms with Crippen LogP contribution < -0.4 is 20.1 Å². The Kier molecular flexibility index (Phi) is 7.22. The third kappa shape index (κ3) is 5.39. The maximum Gasteiger partial charge on any atom is 0.258 e. The molecule has 6 nitrogen and oxygen atoms in total. The minimum Gasteiger partial charge on any atom is -0.492 e. The van der Waals surface area contributed by atoms with Crippen LogP contribution in [0.5, 0.6) is 11.5 Å². The zero-order chi connectivity index (χ0) is 22.2.